The second-order valence-electron chi connectivity index (χ2n) is 5.79. The van der Waals surface area contributed by atoms with Crippen molar-refractivity contribution in [2.45, 2.75) is 31.2 Å². The third-order valence-corrected chi connectivity index (χ3v) is 4.46. The van der Waals surface area contributed by atoms with E-state index in [1.165, 1.54) is 5.56 Å². The van der Waals surface area contributed by atoms with Gasteiger partial charge < -0.3 is 11.1 Å². The Bertz CT molecular complexity index is 653. The molecule has 1 aliphatic rings. The summed E-state index contributed by atoms with van der Waals surface area (Å²) in [6.07, 6.45) is 1.66. The van der Waals surface area contributed by atoms with Crippen LogP contribution in [0.1, 0.15) is 36.8 Å². The van der Waals surface area contributed by atoms with Crippen LogP contribution in [0, 0.1) is 0 Å². The molecule has 21 heavy (non-hydrogen) atoms. The van der Waals surface area contributed by atoms with Crippen molar-refractivity contribution >= 4 is 11.6 Å². The van der Waals surface area contributed by atoms with Crippen LogP contribution < -0.4 is 11.1 Å². The van der Waals surface area contributed by atoms with Crippen LogP contribution >= 0.6 is 0 Å². The molecule has 0 heterocycles. The van der Waals surface area contributed by atoms with Crippen LogP contribution in [0.5, 0.6) is 0 Å². The maximum Gasteiger partial charge on any atom is 0.247 e. The molecular weight excluding hydrogens is 260 g/mol. The van der Waals surface area contributed by atoms with E-state index in [0.29, 0.717) is 5.92 Å². The van der Waals surface area contributed by atoms with Crippen molar-refractivity contribution in [2.75, 3.05) is 5.32 Å². The molecule has 2 aromatic rings. The molecule has 2 atom stereocenters. The molecule has 0 bridgehead atoms. The Labute approximate surface area is 125 Å². The molecule has 3 heteroatoms. The van der Waals surface area contributed by atoms with Crippen LogP contribution in [0.2, 0.25) is 0 Å². The lowest BCUT2D eigenvalue weighted by Gasteiger charge is -2.40. The molecular formula is C18H20N2O. The Morgan fingerprint density at radius 2 is 1.81 bits per heavy atom. The largest absolute Gasteiger partial charge is 0.368 e. The summed E-state index contributed by atoms with van der Waals surface area (Å²) < 4.78 is 0. The number of rotatable bonds is 3. The lowest BCUT2D eigenvalue weighted by Crippen LogP contribution is -2.50. The molecule has 1 aliphatic carbocycles. The highest BCUT2D eigenvalue weighted by Crippen LogP contribution is 2.43. The van der Waals surface area contributed by atoms with E-state index in [4.69, 9.17) is 5.73 Å². The van der Waals surface area contributed by atoms with Gasteiger partial charge >= 0.3 is 0 Å². The van der Waals surface area contributed by atoms with E-state index in [-0.39, 0.29) is 5.91 Å². The van der Waals surface area contributed by atoms with Crippen LogP contribution in [-0.4, -0.2) is 5.91 Å². The Morgan fingerprint density at radius 1 is 1.14 bits per heavy atom. The van der Waals surface area contributed by atoms with Crippen LogP contribution in [0.15, 0.2) is 54.6 Å². The van der Waals surface area contributed by atoms with Crippen LogP contribution in [0.25, 0.3) is 0 Å². The first-order valence-corrected chi connectivity index (χ1v) is 7.36. The highest BCUT2D eigenvalue weighted by Gasteiger charge is 2.43. The number of carbonyl (C=O) groups excluding carboxylic acids is 1. The predicted octanol–water partition coefficient (Wildman–Crippen LogP) is 3.38. The van der Waals surface area contributed by atoms with Gasteiger partial charge in [-0.3, -0.25) is 4.79 Å². The molecule has 0 saturated carbocycles. The summed E-state index contributed by atoms with van der Waals surface area (Å²) >= 11 is 0. The zero-order valence-electron chi connectivity index (χ0n) is 12.2. The van der Waals surface area contributed by atoms with E-state index >= 15 is 0 Å². The summed E-state index contributed by atoms with van der Waals surface area (Å²) in [4.78, 5) is 12.3. The highest BCUT2D eigenvalue weighted by atomic mass is 16.1. The Hall–Kier alpha value is -2.29. The van der Waals surface area contributed by atoms with Crippen LogP contribution in [0.3, 0.4) is 0 Å². The summed E-state index contributed by atoms with van der Waals surface area (Å²) in [5.41, 5.74) is 8.14. The first-order valence-electron chi connectivity index (χ1n) is 7.36. The second-order valence-corrected chi connectivity index (χ2v) is 5.79. The van der Waals surface area contributed by atoms with Crippen molar-refractivity contribution < 1.29 is 4.79 Å². The normalized spacial score (nSPS) is 24.1. The lowest BCUT2D eigenvalue weighted by atomic mass is 9.71. The van der Waals surface area contributed by atoms with Gasteiger partial charge in [0.15, 0.2) is 0 Å². The van der Waals surface area contributed by atoms with Crippen LogP contribution in [-0.2, 0) is 10.3 Å². The SMILES string of the molecule is CC1CCC(Nc2ccccc2)(C(N)=O)c2ccccc21. The summed E-state index contributed by atoms with van der Waals surface area (Å²) in [7, 11) is 0. The Kier molecular flexibility index (Phi) is 3.42. The van der Waals surface area contributed by atoms with Gasteiger partial charge in [-0.05, 0) is 42.0 Å². The van der Waals surface area contributed by atoms with E-state index in [1.807, 2.05) is 48.5 Å². The molecule has 0 aliphatic heterocycles. The van der Waals surface area contributed by atoms with Gasteiger partial charge in [-0.1, -0.05) is 49.4 Å². The predicted molar refractivity (Wildman–Crippen MR) is 85.0 cm³/mol. The standard InChI is InChI=1S/C18H20N2O/c1-13-11-12-18(17(19)21,16-10-6-5-9-15(13)16)20-14-7-3-2-4-8-14/h2-10,13,20H,11-12H2,1H3,(H2,19,21). The van der Waals surface area contributed by atoms with Crippen molar-refractivity contribution in [3.63, 3.8) is 0 Å². The van der Waals surface area contributed by atoms with Gasteiger partial charge in [-0.2, -0.15) is 0 Å². The number of nitrogens with two attached hydrogens (primary N) is 1. The molecule has 108 valence electrons. The van der Waals surface area contributed by atoms with E-state index in [0.717, 1.165) is 24.1 Å². The maximum atomic E-state index is 12.3. The van der Waals surface area contributed by atoms with Gasteiger partial charge in [-0.25, -0.2) is 0 Å². The average molecular weight is 280 g/mol. The number of fused-ring (bicyclic) bond motifs is 1. The molecule has 0 radical (unpaired) electrons. The number of amides is 1. The fraction of sp³-hybridized carbons (Fsp3) is 0.278. The van der Waals surface area contributed by atoms with Gasteiger partial charge in [0, 0.05) is 5.69 Å². The van der Waals surface area contributed by atoms with E-state index in [2.05, 4.69) is 18.3 Å². The van der Waals surface area contributed by atoms with Crippen molar-refractivity contribution in [1.29, 1.82) is 0 Å². The summed E-state index contributed by atoms with van der Waals surface area (Å²) in [6.45, 7) is 2.20. The lowest BCUT2D eigenvalue weighted by molar-refractivity contribution is -0.123. The summed E-state index contributed by atoms with van der Waals surface area (Å²) in [5.74, 6) is 0.136. The number of para-hydroxylation sites is 1. The first kappa shape index (κ1) is 13.7. The Balaban J connectivity index is 2.11. The molecule has 0 fully saturated rings. The molecule has 0 aromatic heterocycles. The average Bonchev–Trinajstić information content (AvgIpc) is 2.51. The van der Waals surface area contributed by atoms with E-state index in [1.54, 1.807) is 0 Å². The number of nitrogens with one attached hydrogen (secondary N) is 1. The Morgan fingerprint density at radius 3 is 2.52 bits per heavy atom. The monoisotopic (exact) mass is 280 g/mol. The number of carbonyl (C=O) groups is 1. The molecule has 2 aromatic carbocycles. The van der Waals surface area contributed by atoms with Gasteiger partial charge in [0.1, 0.15) is 5.54 Å². The van der Waals surface area contributed by atoms with Gasteiger partial charge in [0.25, 0.3) is 0 Å². The second kappa shape index (κ2) is 5.24. The molecule has 0 saturated heterocycles. The van der Waals surface area contributed by atoms with Gasteiger partial charge in [0.05, 0.1) is 0 Å². The molecule has 0 spiro atoms. The minimum atomic E-state index is -0.815. The fourth-order valence-corrected chi connectivity index (χ4v) is 3.25. The molecule has 1 amide bonds. The minimum absolute atomic E-state index is 0.314. The third kappa shape index (κ3) is 2.29. The van der Waals surface area contributed by atoms with Gasteiger partial charge in [-0.15, -0.1) is 0 Å². The number of hydrogen-bond donors (Lipinski definition) is 2. The minimum Gasteiger partial charge on any atom is -0.368 e. The zero-order valence-corrected chi connectivity index (χ0v) is 12.2. The quantitative estimate of drug-likeness (QED) is 0.905. The van der Waals surface area contributed by atoms with Crippen LogP contribution in [0.4, 0.5) is 5.69 Å². The summed E-state index contributed by atoms with van der Waals surface area (Å²) in [5, 5.41) is 3.40. The highest BCUT2D eigenvalue weighted by molar-refractivity contribution is 5.90. The van der Waals surface area contributed by atoms with E-state index < -0.39 is 5.54 Å². The maximum absolute atomic E-state index is 12.3. The zero-order chi connectivity index (χ0) is 14.9. The first-order chi connectivity index (χ1) is 10.1. The van der Waals surface area contributed by atoms with Crippen molar-refractivity contribution in [3.05, 3.63) is 65.7 Å². The number of anilines is 1. The topological polar surface area (TPSA) is 55.1 Å². The molecule has 2 unspecified atom stereocenters. The third-order valence-electron chi connectivity index (χ3n) is 4.46. The fourth-order valence-electron chi connectivity index (χ4n) is 3.25. The number of hydrogen-bond acceptors (Lipinski definition) is 2. The van der Waals surface area contributed by atoms with Crippen molar-refractivity contribution in [1.82, 2.24) is 0 Å². The smallest absolute Gasteiger partial charge is 0.247 e. The molecule has 3 nitrogen and oxygen atoms in total. The number of benzene rings is 2. The molecule has 3 N–H and O–H groups in total. The van der Waals surface area contributed by atoms with E-state index in [9.17, 15) is 4.79 Å². The summed E-state index contributed by atoms with van der Waals surface area (Å²) in [6, 6.07) is 17.9. The van der Waals surface area contributed by atoms with Crippen molar-refractivity contribution in [2.24, 2.45) is 5.73 Å². The van der Waals surface area contributed by atoms with Gasteiger partial charge in [0.2, 0.25) is 5.91 Å². The molecule has 3 rings (SSSR count). The number of primary amides is 1. The van der Waals surface area contributed by atoms with Crippen molar-refractivity contribution in [3.8, 4) is 0 Å².